The van der Waals surface area contributed by atoms with Crippen LogP contribution < -0.4 is 14.8 Å². The van der Waals surface area contributed by atoms with Gasteiger partial charge in [0.2, 0.25) is 5.91 Å². The number of Topliss-reactive ketones (excluding diaryl/α,β-unsaturated/α-hetero) is 2. The summed E-state index contributed by atoms with van der Waals surface area (Å²) in [5.74, 6) is -1.58. The molecule has 2 aromatic carbocycles. The molecule has 0 radical (unpaired) electrons. The minimum Gasteiger partial charge on any atom is -0.497 e. The number of carbonyl (C=O) groups excluding carboxylic acids is 4. The van der Waals surface area contributed by atoms with Crippen molar-refractivity contribution >= 4 is 46.0 Å². The molecule has 52 heavy (non-hydrogen) atoms. The van der Waals surface area contributed by atoms with Gasteiger partial charge in [-0.1, -0.05) is 45.0 Å². The zero-order chi connectivity index (χ0) is 38.4. The van der Waals surface area contributed by atoms with Gasteiger partial charge in [-0.05, 0) is 56.3 Å². The number of aromatic nitrogens is 3. The molecule has 13 nitrogen and oxygen atoms in total. The van der Waals surface area contributed by atoms with E-state index in [9.17, 15) is 29.1 Å². The summed E-state index contributed by atoms with van der Waals surface area (Å²) in [5, 5.41) is 12.5. The fourth-order valence-electron chi connectivity index (χ4n) is 4.32. The van der Waals surface area contributed by atoms with Gasteiger partial charge in [0, 0.05) is 46.7 Å². The maximum atomic E-state index is 11.9. The molecular weight excluding hydrogens is 668 g/mol. The fourth-order valence-corrected chi connectivity index (χ4v) is 4.32. The SMILES string of the molecule is CCOC(=O)C(=O)c1cnccc1NC(=O)C(C)(C)C.COc1cccc(-c2cc(C(=O)O)c3cnccc3n2)c1.COc1cccc(C(C)=O)c1. The average Bonchev–Trinajstić information content (AvgIpc) is 3.14. The summed E-state index contributed by atoms with van der Waals surface area (Å²) in [6, 6.07) is 19.2. The van der Waals surface area contributed by atoms with Gasteiger partial charge in [0.05, 0.1) is 48.9 Å². The van der Waals surface area contributed by atoms with Crippen LogP contribution in [0, 0.1) is 5.41 Å². The predicted octanol–water partition coefficient (Wildman–Crippen LogP) is 6.71. The van der Waals surface area contributed by atoms with Crippen molar-refractivity contribution in [2.75, 3.05) is 26.1 Å². The van der Waals surface area contributed by atoms with Crippen LogP contribution in [-0.2, 0) is 14.3 Å². The van der Waals surface area contributed by atoms with Crippen LogP contribution in [0.4, 0.5) is 5.69 Å². The predicted molar refractivity (Wildman–Crippen MR) is 195 cm³/mol. The molecule has 2 N–H and O–H groups in total. The standard InChI is InChI=1S/C16H12N2O3.C14H18N2O4.C9H10O2/c1-21-11-4-2-3-10(7-11)15-8-12(16(19)20)13-9-17-6-5-14(13)18-15;1-5-20-12(18)11(17)9-8-15-7-6-10(9)16-13(19)14(2,3)4;1-7(10)8-4-3-5-9(6-8)11-2/h2-9H,1H3,(H,19,20);6-8H,5H2,1-4H3,(H,15,16,19);3-6H,1-2H3. The Morgan fingerprint density at radius 1 is 0.808 bits per heavy atom. The van der Waals surface area contributed by atoms with E-state index in [0.717, 1.165) is 11.3 Å². The van der Waals surface area contributed by atoms with Crippen LogP contribution in [0.15, 0.2) is 91.5 Å². The van der Waals surface area contributed by atoms with Crippen molar-refractivity contribution < 1.29 is 43.3 Å². The van der Waals surface area contributed by atoms with Crippen LogP contribution in [0.3, 0.4) is 0 Å². The number of ether oxygens (including phenoxy) is 3. The minimum absolute atomic E-state index is 0.0172. The molecule has 0 aliphatic rings. The van der Waals surface area contributed by atoms with E-state index >= 15 is 0 Å². The smallest absolute Gasteiger partial charge is 0.379 e. The summed E-state index contributed by atoms with van der Waals surface area (Å²) in [4.78, 5) is 69.9. The first-order chi connectivity index (χ1) is 24.7. The van der Waals surface area contributed by atoms with Crippen LogP contribution in [0.2, 0.25) is 0 Å². The first-order valence-electron chi connectivity index (χ1n) is 15.9. The van der Waals surface area contributed by atoms with Gasteiger partial charge in [0.1, 0.15) is 11.5 Å². The molecule has 5 aromatic rings. The van der Waals surface area contributed by atoms with E-state index < -0.39 is 23.1 Å². The Balaban J connectivity index is 0.000000221. The molecule has 0 bridgehead atoms. The lowest BCUT2D eigenvalue weighted by Gasteiger charge is -2.18. The summed E-state index contributed by atoms with van der Waals surface area (Å²) >= 11 is 0. The van der Waals surface area contributed by atoms with Gasteiger partial charge in [-0.25, -0.2) is 14.6 Å². The largest absolute Gasteiger partial charge is 0.497 e. The lowest BCUT2D eigenvalue weighted by molar-refractivity contribution is -0.137. The molecule has 0 aliphatic carbocycles. The summed E-state index contributed by atoms with van der Waals surface area (Å²) in [6.45, 7) is 8.49. The summed E-state index contributed by atoms with van der Waals surface area (Å²) in [7, 11) is 3.17. The highest BCUT2D eigenvalue weighted by Crippen LogP contribution is 2.27. The van der Waals surface area contributed by atoms with E-state index in [1.807, 2.05) is 30.3 Å². The highest BCUT2D eigenvalue weighted by molar-refractivity contribution is 6.42. The maximum absolute atomic E-state index is 11.9. The van der Waals surface area contributed by atoms with Crippen molar-refractivity contribution in [1.82, 2.24) is 15.0 Å². The Kier molecular flexibility index (Phi) is 14.2. The highest BCUT2D eigenvalue weighted by atomic mass is 16.5. The number of esters is 1. The zero-order valence-corrected chi connectivity index (χ0v) is 29.9. The van der Waals surface area contributed by atoms with Gasteiger partial charge in [-0.3, -0.25) is 24.4 Å². The van der Waals surface area contributed by atoms with Gasteiger partial charge in [0.15, 0.2) is 5.78 Å². The molecule has 0 unspecified atom stereocenters. The van der Waals surface area contributed by atoms with E-state index in [-0.39, 0.29) is 35.1 Å². The molecule has 0 saturated carbocycles. The van der Waals surface area contributed by atoms with Crippen molar-refractivity contribution in [2.24, 2.45) is 5.41 Å². The number of carboxylic acid groups (broad SMARTS) is 1. The van der Waals surface area contributed by atoms with Crippen molar-refractivity contribution in [3.63, 3.8) is 0 Å². The number of fused-ring (bicyclic) bond motifs is 1. The minimum atomic E-state index is -1.00. The number of ketones is 2. The van der Waals surface area contributed by atoms with Gasteiger partial charge in [-0.2, -0.15) is 0 Å². The van der Waals surface area contributed by atoms with Crippen LogP contribution >= 0.6 is 0 Å². The second-order valence-electron chi connectivity index (χ2n) is 11.9. The Labute approximate surface area is 301 Å². The second kappa shape index (κ2) is 18.5. The number of nitrogens with one attached hydrogen (secondary N) is 1. The van der Waals surface area contributed by atoms with Crippen LogP contribution in [0.5, 0.6) is 11.5 Å². The third-order valence-corrected chi connectivity index (χ3v) is 7.14. The number of amides is 1. The van der Waals surface area contributed by atoms with Crippen molar-refractivity contribution in [3.05, 3.63) is 108 Å². The molecule has 3 heterocycles. The molecule has 13 heteroatoms. The van der Waals surface area contributed by atoms with Crippen molar-refractivity contribution in [2.45, 2.75) is 34.6 Å². The lowest BCUT2D eigenvalue weighted by atomic mass is 9.95. The molecular formula is C39H40N4O9. The number of hydrogen-bond acceptors (Lipinski definition) is 11. The molecule has 5 rings (SSSR count). The van der Waals surface area contributed by atoms with E-state index in [1.54, 1.807) is 78.4 Å². The Morgan fingerprint density at radius 2 is 1.44 bits per heavy atom. The summed E-state index contributed by atoms with van der Waals surface area (Å²) < 4.78 is 14.8. The average molecular weight is 709 g/mol. The molecule has 0 aliphatic heterocycles. The molecule has 0 fully saturated rings. The van der Waals surface area contributed by atoms with E-state index in [0.29, 0.717) is 27.9 Å². The van der Waals surface area contributed by atoms with Crippen LogP contribution in [0.25, 0.3) is 22.2 Å². The summed E-state index contributed by atoms with van der Waals surface area (Å²) in [6.07, 6.45) is 5.77. The van der Waals surface area contributed by atoms with Gasteiger partial charge in [0.25, 0.3) is 5.78 Å². The number of anilines is 1. The van der Waals surface area contributed by atoms with Crippen LogP contribution in [0.1, 0.15) is 65.7 Å². The third kappa shape index (κ3) is 11.0. The number of rotatable bonds is 9. The number of pyridine rings is 3. The Hall–Kier alpha value is -6.50. The molecule has 3 aromatic heterocycles. The Morgan fingerprint density at radius 3 is 2.06 bits per heavy atom. The molecule has 0 saturated heterocycles. The number of nitrogens with zero attached hydrogens (tertiary/aromatic N) is 3. The number of benzene rings is 2. The van der Waals surface area contributed by atoms with Gasteiger partial charge >= 0.3 is 11.9 Å². The first-order valence-corrected chi connectivity index (χ1v) is 15.9. The fraction of sp³-hybridized carbons (Fsp3) is 0.231. The number of carboxylic acids is 1. The third-order valence-electron chi connectivity index (χ3n) is 7.14. The zero-order valence-electron chi connectivity index (χ0n) is 29.9. The normalized spacial score (nSPS) is 10.4. The van der Waals surface area contributed by atoms with E-state index in [4.69, 9.17) is 9.47 Å². The van der Waals surface area contributed by atoms with Crippen molar-refractivity contribution in [3.8, 4) is 22.8 Å². The van der Waals surface area contributed by atoms with E-state index in [1.165, 1.54) is 31.6 Å². The number of methoxy groups -OCH3 is 2. The number of aromatic carboxylic acids is 1. The van der Waals surface area contributed by atoms with E-state index in [2.05, 4.69) is 25.0 Å². The lowest BCUT2D eigenvalue weighted by Crippen LogP contribution is -2.29. The maximum Gasteiger partial charge on any atom is 0.379 e. The first kappa shape index (κ1) is 39.9. The number of hydrogen-bond donors (Lipinski definition) is 2. The van der Waals surface area contributed by atoms with Gasteiger partial charge in [-0.15, -0.1) is 0 Å². The quantitative estimate of drug-likeness (QED) is 0.0938. The monoisotopic (exact) mass is 708 g/mol. The number of carbonyl (C=O) groups is 5. The highest BCUT2D eigenvalue weighted by Gasteiger charge is 2.26. The van der Waals surface area contributed by atoms with Gasteiger partial charge < -0.3 is 24.6 Å². The topological polar surface area (TPSA) is 184 Å². The second-order valence-corrected chi connectivity index (χ2v) is 11.9. The molecule has 270 valence electrons. The summed E-state index contributed by atoms with van der Waals surface area (Å²) in [5.41, 5.74) is 2.51. The molecule has 0 atom stereocenters. The van der Waals surface area contributed by atoms with Crippen LogP contribution in [-0.4, -0.2) is 70.3 Å². The van der Waals surface area contributed by atoms with Crippen molar-refractivity contribution in [1.29, 1.82) is 0 Å². The Bertz CT molecular complexity index is 2070. The molecule has 0 spiro atoms. The molecule has 1 amide bonds.